The summed E-state index contributed by atoms with van der Waals surface area (Å²) in [5.41, 5.74) is 0.468. The van der Waals surface area contributed by atoms with Crippen molar-refractivity contribution in [1.82, 2.24) is 5.32 Å². The third kappa shape index (κ3) is 30.3. The van der Waals surface area contributed by atoms with Crippen molar-refractivity contribution in [2.45, 2.75) is 252 Å². The van der Waals surface area contributed by atoms with Crippen LogP contribution in [0.5, 0.6) is 11.5 Å². The number of nitrogens with one attached hydrogen (secondary N) is 1. The number of β-amino-alcohol motifs (C(OH)–C–C–N with tert-alkyl or cyclic N) is 1. The van der Waals surface area contributed by atoms with E-state index in [9.17, 15) is 14.7 Å². The number of ether oxygens (including phenoxy) is 2. The summed E-state index contributed by atoms with van der Waals surface area (Å²) in [6.07, 6.45) is 38.1. The Morgan fingerprint density at radius 3 is 1.17 bits per heavy atom. The van der Waals surface area contributed by atoms with Crippen LogP contribution in [0.4, 0.5) is 0 Å². The van der Waals surface area contributed by atoms with Gasteiger partial charge in [0.2, 0.25) is 0 Å². The topological polar surface area (TPSA) is 84.9 Å². The number of carbonyl (C=O) groups excluding carboxylic acids is 2. The summed E-state index contributed by atoms with van der Waals surface area (Å²) in [5, 5.41) is 14.2. The number of rotatable bonds is 37. The number of hydrogen-bond donors (Lipinski definition) is 2. The summed E-state index contributed by atoms with van der Waals surface area (Å²) in [6, 6.07) is 5.04. The van der Waals surface area contributed by atoms with Gasteiger partial charge in [-0.05, 0) is 51.3 Å². The lowest BCUT2D eigenvalue weighted by molar-refractivity contribution is -0.137. The maximum absolute atomic E-state index is 12.9. The van der Waals surface area contributed by atoms with Crippen LogP contribution >= 0.6 is 0 Å². The van der Waals surface area contributed by atoms with Gasteiger partial charge in [-0.2, -0.15) is 0 Å². The SMILES string of the molecule is CCCCCCCCCCCCCCCCCC(=O)Oc1ccc(C(O)CNC(C)(C)C)cc1OC(=O)CCCCCCCCCCCCCCCCC. The molecule has 0 aliphatic heterocycles. The molecule has 0 aliphatic rings. The number of esters is 2. The van der Waals surface area contributed by atoms with Crippen molar-refractivity contribution in [2.75, 3.05) is 6.54 Å². The van der Waals surface area contributed by atoms with E-state index in [1.54, 1.807) is 18.2 Å². The second-order valence-electron chi connectivity index (χ2n) is 17.2. The van der Waals surface area contributed by atoms with Gasteiger partial charge in [-0.25, -0.2) is 0 Å². The lowest BCUT2D eigenvalue weighted by Gasteiger charge is -2.23. The van der Waals surface area contributed by atoms with Crippen LogP contribution in [0.2, 0.25) is 0 Å². The van der Waals surface area contributed by atoms with Crippen LogP contribution in [0.3, 0.4) is 0 Å². The molecule has 0 fully saturated rings. The number of carbonyl (C=O) groups is 2. The molecule has 0 aliphatic carbocycles. The Hall–Kier alpha value is -1.92. The Labute approximate surface area is 334 Å². The zero-order valence-electron chi connectivity index (χ0n) is 36.2. The van der Waals surface area contributed by atoms with E-state index in [0.29, 0.717) is 24.9 Å². The molecule has 0 heterocycles. The fourth-order valence-electron chi connectivity index (χ4n) is 7.05. The third-order valence-corrected chi connectivity index (χ3v) is 10.6. The van der Waals surface area contributed by atoms with Crippen molar-refractivity contribution >= 4 is 11.9 Å². The maximum Gasteiger partial charge on any atom is 0.311 e. The molecule has 54 heavy (non-hydrogen) atoms. The molecular weight excluding hydrogens is 671 g/mol. The van der Waals surface area contributed by atoms with Gasteiger partial charge in [-0.3, -0.25) is 9.59 Å². The Balaban J connectivity index is 2.38. The summed E-state index contributed by atoms with van der Waals surface area (Å²) >= 11 is 0. The van der Waals surface area contributed by atoms with Gasteiger partial charge in [-0.1, -0.05) is 200 Å². The van der Waals surface area contributed by atoms with Gasteiger partial charge in [0.15, 0.2) is 11.5 Å². The summed E-state index contributed by atoms with van der Waals surface area (Å²) < 4.78 is 11.5. The number of unbranched alkanes of at least 4 members (excludes halogenated alkanes) is 28. The van der Waals surface area contributed by atoms with E-state index in [2.05, 4.69) is 19.2 Å². The molecule has 1 atom stereocenters. The highest BCUT2D eigenvalue weighted by Gasteiger charge is 2.19. The highest BCUT2D eigenvalue weighted by molar-refractivity contribution is 5.76. The Morgan fingerprint density at radius 1 is 0.519 bits per heavy atom. The molecule has 314 valence electrons. The van der Waals surface area contributed by atoms with Crippen LogP contribution in [0.15, 0.2) is 18.2 Å². The van der Waals surface area contributed by atoms with Crippen LogP contribution < -0.4 is 14.8 Å². The first kappa shape index (κ1) is 50.1. The van der Waals surface area contributed by atoms with Crippen LogP contribution in [-0.2, 0) is 9.59 Å². The molecule has 0 bridgehead atoms. The molecule has 1 aromatic carbocycles. The minimum atomic E-state index is -0.790. The first-order valence-electron chi connectivity index (χ1n) is 23.1. The van der Waals surface area contributed by atoms with E-state index in [-0.39, 0.29) is 29.0 Å². The molecule has 0 amide bonds. The highest BCUT2D eigenvalue weighted by Crippen LogP contribution is 2.32. The minimum absolute atomic E-state index is 0.147. The monoisotopic (exact) mass is 758 g/mol. The van der Waals surface area contributed by atoms with Crippen molar-refractivity contribution in [3.8, 4) is 11.5 Å². The summed E-state index contributed by atoms with van der Waals surface area (Å²) in [5.74, 6) is -0.195. The molecule has 6 nitrogen and oxygen atoms in total. The van der Waals surface area contributed by atoms with Crippen molar-refractivity contribution in [3.63, 3.8) is 0 Å². The zero-order chi connectivity index (χ0) is 39.5. The van der Waals surface area contributed by atoms with Crippen molar-refractivity contribution in [2.24, 2.45) is 0 Å². The molecule has 0 aromatic heterocycles. The Kier molecular flexibility index (Phi) is 31.9. The van der Waals surface area contributed by atoms with E-state index in [1.165, 1.54) is 154 Å². The smallest absolute Gasteiger partial charge is 0.311 e. The molecule has 1 aromatic rings. The fraction of sp³-hybridized carbons (Fsp3) is 0.833. The molecule has 6 heteroatoms. The molecule has 0 saturated carbocycles. The second-order valence-corrected chi connectivity index (χ2v) is 17.2. The third-order valence-electron chi connectivity index (χ3n) is 10.6. The van der Waals surface area contributed by atoms with Gasteiger partial charge < -0.3 is 19.9 Å². The number of aliphatic hydroxyl groups excluding tert-OH is 1. The average Bonchev–Trinajstić information content (AvgIpc) is 3.14. The van der Waals surface area contributed by atoms with Gasteiger partial charge in [0, 0.05) is 24.9 Å². The van der Waals surface area contributed by atoms with E-state index in [4.69, 9.17) is 9.47 Å². The molecule has 2 N–H and O–H groups in total. The first-order chi connectivity index (χ1) is 26.2. The lowest BCUT2D eigenvalue weighted by atomic mass is 10.0. The molecule has 0 radical (unpaired) electrons. The largest absolute Gasteiger partial charge is 0.423 e. The predicted octanol–water partition coefficient (Wildman–Crippen LogP) is 14.4. The van der Waals surface area contributed by atoms with Gasteiger partial charge in [0.25, 0.3) is 0 Å². The maximum atomic E-state index is 12.9. The molecule has 0 saturated heterocycles. The predicted molar refractivity (Wildman–Crippen MR) is 230 cm³/mol. The van der Waals surface area contributed by atoms with Crippen LogP contribution in [0.25, 0.3) is 0 Å². The number of aliphatic hydroxyl groups is 1. The van der Waals surface area contributed by atoms with Crippen molar-refractivity contribution < 1.29 is 24.2 Å². The number of hydrogen-bond acceptors (Lipinski definition) is 6. The van der Waals surface area contributed by atoms with E-state index >= 15 is 0 Å². The zero-order valence-corrected chi connectivity index (χ0v) is 36.2. The van der Waals surface area contributed by atoms with Crippen molar-refractivity contribution in [1.29, 1.82) is 0 Å². The summed E-state index contributed by atoms with van der Waals surface area (Å²) in [6.45, 7) is 11.0. The quantitative estimate of drug-likeness (QED) is 0.0399. The van der Waals surface area contributed by atoms with E-state index in [0.717, 1.165) is 38.5 Å². The molecule has 1 rings (SSSR count). The van der Waals surface area contributed by atoms with Crippen LogP contribution in [-0.4, -0.2) is 29.1 Å². The van der Waals surface area contributed by atoms with Gasteiger partial charge >= 0.3 is 11.9 Å². The minimum Gasteiger partial charge on any atom is -0.423 e. The summed E-state index contributed by atoms with van der Waals surface area (Å²) in [7, 11) is 0. The highest BCUT2D eigenvalue weighted by atomic mass is 16.6. The van der Waals surface area contributed by atoms with Crippen molar-refractivity contribution in [3.05, 3.63) is 23.8 Å². The lowest BCUT2D eigenvalue weighted by Crippen LogP contribution is -2.38. The molecular formula is C48H87NO5. The van der Waals surface area contributed by atoms with Gasteiger partial charge in [-0.15, -0.1) is 0 Å². The van der Waals surface area contributed by atoms with E-state index < -0.39 is 6.10 Å². The standard InChI is InChI=1S/C48H87NO5/c1-6-8-10-12-14-16-18-20-22-24-26-28-30-32-34-36-46(51)53-44-39-38-42(43(50)41-49-48(3,4)5)40-45(44)54-47(52)37-35-33-31-29-27-25-23-21-19-17-15-13-11-9-7-2/h38-40,43,49-50H,6-37,41H2,1-5H3. The Bertz CT molecular complexity index is 1030. The number of benzene rings is 1. The summed E-state index contributed by atoms with van der Waals surface area (Å²) in [4.78, 5) is 25.7. The van der Waals surface area contributed by atoms with E-state index in [1.807, 2.05) is 20.8 Å². The van der Waals surface area contributed by atoms with Crippen LogP contribution in [0, 0.1) is 0 Å². The average molecular weight is 758 g/mol. The Morgan fingerprint density at radius 2 is 0.833 bits per heavy atom. The van der Waals surface area contributed by atoms with Gasteiger partial charge in [0.05, 0.1) is 6.10 Å². The first-order valence-corrected chi connectivity index (χ1v) is 23.1. The fourth-order valence-corrected chi connectivity index (χ4v) is 7.05. The second kappa shape index (κ2) is 34.3. The molecule has 0 spiro atoms. The van der Waals surface area contributed by atoms with Gasteiger partial charge in [0.1, 0.15) is 0 Å². The normalized spacial score (nSPS) is 12.3. The van der Waals surface area contributed by atoms with Crippen LogP contribution in [0.1, 0.15) is 252 Å². The molecule has 1 unspecified atom stereocenters.